The van der Waals surface area contributed by atoms with Gasteiger partial charge < -0.3 is 35.9 Å². The number of ketones is 1. The van der Waals surface area contributed by atoms with E-state index < -0.39 is 24.2 Å². The molecule has 33 heavy (non-hydrogen) atoms. The number of carboxylic acid groups (broad SMARTS) is 1. The standard InChI is InChI=1S/C22H32N4O6S/c1-9(4-10(2)27)16-17-11(3)19(18(22(31)32)26(17)21(16)30)33-12-5-14(24-6-12)20(29)25-7-13(23)15(28)8-25/h9,11-17,24,28H,4-8,23H2,1-3H3,(H,31,32)/t9-,11+,12-,13-,14-,15+,16+,17+/m0/s1. The van der Waals surface area contributed by atoms with Gasteiger partial charge in [0.2, 0.25) is 11.8 Å². The van der Waals surface area contributed by atoms with Gasteiger partial charge in [-0.25, -0.2) is 4.79 Å². The second-order valence-corrected chi connectivity index (χ2v) is 11.2. The van der Waals surface area contributed by atoms with Crippen molar-refractivity contribution in [3.63, 3.8) is 0 Å². The molecule has 0 aromatic carbocycles. The zero-order valence-corrected chi connectivity index (χ0v) is 19.9. The van der Waals surface area contributed by atoms with Gasteiger partial charge >= 0.3 is 5.97 Å². The summed E-state index contributed by atoms with van der Waals surface area (Å²) in [5.41, 5.74) is 5.86. The minimum absolute atomic E-state index is 0.0135. The Balaban J connectivity index is 1.45. The molecule has 4 heterocycles. The number of hydrogen-bond donors (Lipinski definition) is 4. The van der Waals surface area contributed by atoms with Gasteiger partial charge in [-0.3, -0.25) is 9.59 Å². The Hall–Kier alpha value is -1.95. The molecule has 8 atom stereocenters. The van der Waals surface area contributed by atoms with Crippen molar-refractivity contribution in [2.45, 2.75) is 63.1 Å². The number of β-lactam (4-membered cyclic amide) rings is 1. The summed E-state index contributed by atoms with van der Waals surface area (Å²) in [5, 5.41) is 22.9. The van der Waals surface area contributed by atoms with Crippen molar-refractivity contribution in [3.05, 3.63) is 10.6 Å². The van der Waals surface area contributed by atoms with Crippen LogP contribution in [0.2, 0.25) is 0 Å². The summed E-state index contributed by atoms with van der Waals surface area (Å²) in [6, 6.07) is -1.10. The fourth-order valence-electron chi connectivity index (χ4n) is 5.72. The highest BCUT2D eigenvalue weighted by atomic mass is 32.2. The molecule has 3 saturated heterocycles. The largest absolute Gasteiger partial charge is 0.477 e. The van der Waals surface area contributed by atoms with Crippen molar-refractivity contribution in [2.75, 3.05) is 19.6 Å². The van der Waals surface area contributed by atoms with Crippen molar-refractivity contribution >= 4 is 35.3 Å². The molecule has 0 aliphatic carbocycles. The molecule has 2 amide bonds. The summed E-state index contributed by atoms with van der Waals surface area (Å²) < 4.78 is 0. The molecule has 0 spiro atoms. The number of thioether (sulfide) groups is 1. The van der Waals surface area contributed by atoms with Gasteiger partial charge in [0.25, 0.3) is 0 Å². The Labute approximate surface area is 196 Å². The van der Waals surface area contributed by atoms with E-state index in [1.165, 1.54) is 23.6 Å². The number of aliphatic hydroxyl groups is 1. The number of amides is 2. The maximum absolute atomic E-state index is 12.9. The van der Waals surface area contributed by atoms with Gasteiger partial charge in [-0.15, -0.1) is 11.8 Å². The van der Waals surface area contributed by atoms with Crippen LogP contribution in [0.15, 0.2) is 10.6 Å². The van der Waals surface area contributed by atoms with Crippen molar-refractivity contribution in [1.29, 1.82) is 0 Å². The third-order valence-corrected chi connectivity index (χ3v) is 8.85. The number of Topliss-reactive ketones (excluding diaryl/α,β-unsaturated/α-hetero) is 1. The van der Waals surface area contributed by atoms with Gasteiger partial charge in [-0.2, -0.15) is 0 Å². The zero-order valence-electron chi connectivity index (χ0n) is 19.1. The molecule has 0 aromatic rings. The van der Waals surface area contributed by atoms with Gasteiger partial charge in [0.05, 0.1) is 24.1 Å². The lowest BCUT2D eigenvalue weighted by Crippen LogP contribution is -2.62. The summed E-state index contributed by atoms with van der Waals surface area (Å²) in [6.07, 6.45) is 0.101. The van der Waals surface area contributed by atoms with Crippen LogP contribution in [0.1, 0.15) is 33.6 Å². The molecule has 4 aliphatic rings. The lowest BCUT2D eigenvalue weighted by Gasteiger charge is -2.47. The van der Waals surface area contributed by atoms with Crippen LogP contribution >= 0.6 is 11.8 Å². The SMILES string of the molecule is CC(=O)C[C@H](C)[C@H]1C(=O)N2C(C(=O)O)=C(S[C@@H]3CN[C@H](C(=O)N4C[C@@H](O)[C@@H](N)C4)C3)[C@H](C)[C@H]12. The zero-order chi connectivity index (χ0) is 24.2. The number of hydrogen-bond acceptors (Lipinski definition) is 8. The first kappa shape index (κ1) is 24.2. The maximum atomic E-state index is 12.9. The Bertz CT molecular complexity index is 899. The van der Waals surface area contributed by atoms with E-state index in [4.69, 9.17) is 5.73 Å². The lowest BCUT2D eigenvalue weighted by atomic mass is 9.73. The number of β-amino-alcohol motifs (C(OH)–C–C–N with tert-alkyl or cyclic N) is 1. The highest BCUT2D eigenvalue weighted by molar-refractivity contribution is 8.03. The number of carboxylic acids is 1. The second kappa shape index (κ2) is 9.01. The molecule has 0 aromatic heterocycles. The molecule has 0 saturated carbocycles. The van der Waals surface area contributed by atoms with Gasteiger partial charge in [0, 0.05) is 48.2 Å². The Morgan fingerprint density at radius 2 is 2.00 bits per heavy atom. The molecular formula is C22H32N4O6S. The van der Waals surface area contributed by atoms with Crippen LogP contribution in [0.3, 0.4) is 0 Å². The predicted octanol–water partition coefficient (Wildman–Crippen LogP) is -0.631. The van der Waals surface area contributed by atoms with Crippen LogP contribution in [-0.2, 0) is 19.2 Å². The number of rotatable bonds is 7. The average molecular weight is 481 g/mol. The fraction of sp³-hybridized carbons (Fsp3) is 0.727. The summed E-state index contributed by atoms with van der Waals surface area (Å²) in [7, 11) is 0. The number of carbonyl (C=O) groups is 4. The molecule has 10 nitrogen and oxygen atoms in total. The normalized spacial score (nSPS) is 36.8. The topological polar surface area (TPSA) is 153 Å². The number of nitrogens with zero attached hydrogens (tertiary/aromatic N) is 2. The third kappa shape index (κ3) is 4.20. The first-order valence-corrected chi connectivity index (χ1v) is 12.3. The second-order valence-electron chi connectivity index (χ2n) is 9.83. The first-order chi connectivity index (χ1) is 15.5. The van der Waals surface area contributed by atoms with E-state index in [0.717, 1.165) is 0 Å². The van der Waals surface area contributed by atoms with E-state index in [1.807, 2.05) is 13.8 Å². The molecule has 4 rings (SSSR count). The molecule has 182 valence electrons. The van der Waals surface area contributed by atoms with Crippen molar-refractivity contribution < 1.29 is 29.4 Å². The Kier molecular flexibility index (Phi) is 6.60. The van der Waals surface area contributed by atoms with Gasteiger partial charge in [0.15, 0.2) is 0 Å². The molecule has 4 aliphatic heterocycles. The molecule has 5 N–H and O–H groups in total. The summed E-state index contributed by atoms with van der Waals surface area (Å²) >= 11 is 1.43. The van der Waals surface area contributed by atoms with Gasteiger partial charge in [-0.05, 0) is 19.3 Å². The van der Waals surface area contributed by atoms with Crippen LogP contribution in [0.25, 0.3) is 0 Å². The van der Waals surface area contributed by atoms with Crippen LogP contribution < -0.4 is 11.1 Å². The Morgan fingerprint density at radius 3 is 2.58 bits per heavy atom. The molecule has 0 bridgehead atoms. The number of aliphatic hydroxyl groups excluding tert-OH is 1. The number of nitrogens with one attached hydrogen (secondary N) is 1. The summed E-state index contributed by atoms with van der Waals surface area (Å²) in [6.45, 7) is 6.39. The number of nitrogens with two attached hydrogens (primary N) is 1. The fourth-order valence-corrected chi connectivity index (χ4v) is 7.20. The third-order valence-electron chi connectivity index (χ3n) is 7.34. The molecule has 0 unspecified atom stereocenters. The quantitative estimate of drug-likeness (QED) is 0.349. The average Bonchev–Trinajstić information content (AvgIpc) is 3.38. The van der Waals surface area contributed by atoms with E-state index in [0.29, 0.717) is 30.8 Å². The minimum atomic E-state index is -1.13. The molecule has 11 heteroatoms. The molecule has 3 fully saturated rings. The molecular weight excluding hydrogens is 448 g/mol. The van der Waals surface area contributed by atoms with E-state index >= 15 is 0 Å². The monoisotopic (exact) mass is 480 g/mol. The van der Waals surface area contributed by atoms with Crippen molar-refractivity contribution in [1.82, 2.24) is 15.1 Å². The smallest absolute Gasteiger partial charge is 0.353 e. The van der Waals surface area contributed by atoms with Crippen LogP contribution in [-0.4, -0.2) is 92.7 Å². The number of fused-ring (bicyclic) bond motifs is 1. The first-order valence-electron chi connectivity index (χ1n) is 11.4. The summed E-state index contributed by atoms with van der Waals surface area (Å²) in [4.78, 5) is 53.0. The van der Waals surface area contributed by atoms with Gasteiger partial charge in [0.1, 0.15) is 11.5 Å². The summed E-state index contributed by atoms with van der Waals surface area (Å²) in [5.74, 6) is -2.10. The number of aliphatic carboxylic acids is 1. The van der Waals surface area contributed by atoms with E-state index in [1.54, 1.807) is 4.90 Å². The van der Waals surface area contributed by atoms with E-state index in [-0.39, 0.29) is 58.9 Å². The maximum Gasteiger partial charge on any atom is 0.353 e. The Morgan fingerprint density at radius 1 is 1.30 bits per heavy atom. The van der Waals surface area contributed by atoms with Crippen molar-refractivity contribution in [3.8, 4) is 0 Å². The van der Waals surface area contributed by atoms with Crippen molar-refractivity contribution in [2.24, 2.45) is 23.5 Å². The van der Waals surface area contributed by atoms with E-state index in [2.05, 4.69) is 5.32 Å². The van der Waals surface area contributed by atoms with Crippen LogP contribution in [0.4, 0.5) is 0 Å². The lowest BCUT2D eigenvalue weighted by molar-refractivity contribution is -0.160. The molecule has 0 radical (unpaired) electrons. The number of likely N-dealkylation sites (tertiary alicyclic amines) is 1. The van der Waals surface area contributed by atoms with Gasteiger partial charge in [-0.1, -0.05) is 13.8 Å². The minimum Gasteiger partial charge on any atom is -0.477 e. The van der Waals surface area contributed by atoms with Crippen LogP contribution in [0.5, 0.6) is 0 Å². The predicted molar refractivity (Wildman–Crippen MR) is 121 cm³/mol. The highest BCUT2D eigenvalue weighted by Gasteiger charge is 2.60. The highest BCUT2D eigenvalue weighted by Crippen LogP contribution is 2.53. The van der Waals surface area contributed by atoms with Crippen LogP contribution in [0, 0.1) is 17.8 Å². The van der Waals surface area contributed by atoms with E-state index in [9.17, 15) is 29.4 Å². The number of carbonyl (C=O) groups excluding carboxylic acids is 3.